The first-order chi connectivity index (χ1) is 18.0. The van der Waals surface area contributed by atoms with E-state index in [1.165, 1.54) is 25.1 Å². The highest BCUT2D eigenvalue weighted by atomic mass is 35.5. The fourth-order valence-corrected chi connectivity index (χ4v) is 4.41. The number of hydrogen-bond acceptors (Lipinski definition) is 3. The maximum absolute atomic E-state index is 15.2. The number of nitrogens with zero attached hydrogens (tertiary/aromatic N) is 2. The molecule has 5 nitrogen and oxygen atoms in total. The zero-order chi connectivity index (χ0) is 27.6. The van der Waals surface area contributed by atoms with Crippen LogP contribution in [0, 0.1) is 18.6 Å². The molecule has 0 amide bonds. The second kappa shape index (κ2) is 10.8. The van der Waals surface area contributed by atoms with Crippen LogP contribution in [-0.2, 0) is 25.7 Å². The SMILES string of the molecule is Cc1c(-c2cccc(OCl)c2F)c(=O)n(CCc2ccccc2)c(=O)n1Cc1c(F)cccc1C(F)(F)F. The lowest BCUT2D eigenvalue weighted by atomic mass is 10.0. The van der Waals surface area contributed by atoms with Crippen molar-refractivity contribution in [2.45, 2.75) is 32.6 Å². The Kier molecular flexibility index (Phi) is 7.73. The van der Waals surface area contributed by atoms with Gasteiger partial charge in [0, 0.05) is 23.4 Å². The van der Waals surface area contributed by atoms with E-state index >= 15 is 4.39 Å². The molecule has 0 bridgehead atoms. The van der Waals surface area contributed by atoms with Crippen molar-refractivity contribution in [1.82, 2.24) is 9.13 Å². The summed E-state index contributed by atoms with van der Waals surface area (Å²) in [5, 5.41) is 0. The Balaban J connectivity index is 1.97. The van der Waals surface area contributed by atoms with Gasteiger partial charge in [-0.1, -0.05) is 48.5 Å². The van der Waals surface area contributed by atoms with Crippen LogP contribution >= 0.6 is 11.9 Å². The van der Waals surface area contributed by atoms with Gasteiger partial charge in [-0.2, -0.15) is 13.2 Å². The number of rotatable bonds is 7. The topological polar surface area (TPSA) is 53.2 Å². The van der Waals surface area contributed by atoms with Crippen molar-refractivity contribution in [2.75, 3.05) is 0 Å². The summed E-state index contributed by atoms with van der Waals surface area (Å²) in [5.74, 6) is -2.59. The summed E-state index contributed by atoms with van der Waals surface area (Å²) >= 11 is 5.33. The molecule has 198 valence electrons. The average Bonchev–Trinajstić information content (AvgIpc) is 2.88. The van der Waals surface area contributed by atoms with Gasteiger partial charge in [-0.05, 0) is 37.1 Å². The highest BCUT2D eigenvalue weighted by Crippen LogP contribution is 2.34. The van der Waals surface area contributed by atoms with Crippen LogP contribution in [0.15, 0.2) is 76.3 Å². The highest BCUT2D eigenvalue weighted by Gasteiger charge is 2.35. The van der Waals surface area contributed by atoms with Gasteiger partial charge in [-0.15, -0.1) is 0 Å². The largest absolute Gasteiger partial charge is 0.416 e. The van der Waals surface area contributed by atoms with Gasteiger partial charge < -0.3 is 4.29 Å². The van der Waals surface area contributed by atoms with Gasteiger partial charge in [0.15, 0.2) is 11.6 Å². The lowest BCUT2D eigenvalue weighted by molar-refractivity contribution is -0.138. The van der Waals surface area contributed by atoms with E-state index in [2.05, 4.69) is 4.29 Å². The van der Waals surface area contributed by atoms with Crippen LogP contribution in [0.3, 0.4) is 0 Å². The molecule has 4 rings (SSSR count). The molecule has 11 heteroatoms. The van der Waals surface area contributed by atoms with E-state index in [-0.39, 0.29) is 29.8 Å². The second-order valence-corrected chi connectivity index (χ2v) is 8.63. The van der Waals surface area contributed by atoms with Crippen molar-refractivity contribution in [3.63, 3.8) is 0 Å². The van der Waals surface area contributed by atoms with Crippen LogP contribution in [0.1, 0.15) is 22.4 Å². The third-order valence-corrected chi connectivity index (χ3v) is 6.38. The Hall–Kier alpha value is -3.92. The number of aryl methyl sites for hydroxylation is 1. The first kappa shape index (κ1) is 27.1. The molecular formula is C27H20ClF5N2O3. The smallest absolute Gasteiger partial charge is 0.382 e. The normalized spacial score (nSPS) is 11.6. The molecule has 0 atom stereocenters. The summed E-state index contributed by atoms with van der Waals surface area (Å²) in [5.41, 5.74) is -3.84. The molecule has 3 aromatic carbocycles. The molecule has 0 radical (unpaired) electrons. The van der Waals surface area contributed by atoms with Gasteiger partial charge in [-0.25, -0.2) is 13.6 Å². The van der Waals surface area contributed by atoms with Crippen molar-refractivity contribution in [3.05, 3.63) is 122 Å². The van der Waals surface area contributed by atoms with E-state index in [4.69, 9.17) is 11.9 Å². The first-order valence-corrected chi connectivity index (χ1v) is 11.7. The lowest BCUT2D eigenvalue weighted by Crippen LogP contribution is -2.43. The lowest BCUT2D eigenvalue weighted by Gasteiger charge is -2.20. The van der Waals surface area contributed by atoms with Gasteiger partial charge in [0.2, 0.25) is 0 Å². The number of aromatic nitrogens is 2. The predicted octanol–water partition coefficient (Wildman–Crippen LogP) is 6.11. The minimum atomic E-state index is -4.91. The molecule has 0 N–H and O–H groups in total. The summed E-state index contributed by atoms with van der Waals surface area (Å²) < 4.78 is 77.0. The number of hydrogen-bond donors (Lipinski definition) is 0. The van der Waals surface area contributed by atoms with Crippen LogP contribution in [0.5, 0.6) is 5.75 Å². The Labute approximate surface area is 218 Å². The summed E-state index contributed by atoms with van der Waals surface area (Å²) in [6.07, 6.45) is -4.68. The van der Waals surface area contributed by atoms with Crippen molar-refractivity contribution in [1.29, 1.82) is 0 Å². The summed E-state index contributed by atoms with van der Waals surface area (Å²) in [7, 11) is 0. The first-order valence-electron chi connectivity index (χ1n) is 11.3. The standard InChI is InChI=1S/C27H20ClF5N2O3/c1-16-23(18-9-5-12-22(38-28)24(18)30)25(36)34(14-13-17-7-3-2-4-8-17)26(37)35(16)15-19-20(27(31,32)33)10-6-11-21(19)29/h2-12H,13-15H2,1H3. The Morgan fingerprint density at radius 3 is 2.24 bits per heavy atom. The Morgan fingerprint density at radius 2 is 1.58 bits per heavy atom. The molecule has 0 spiro atoms. The monoisotopic (exact) mass is 550 g/mol. The molecule has 0 aliphatic carbocycles. The molecule has 0 saturated carbocycles. The Morgan fingerprint density at radius 1 is 0.895 bits per heavy atom. The molecule has 0 saturated heterocycles. The molecule has 1 heterocycles. The molecule has 4 aromatic rings. The highest BCUT2D eigenvalue weighted by molar-refractivity contribution is 6.09. The van der Waals surface area contributed by atoms with Crippen molar-refractivity contribution >= 4 is 11.9 Å². The van der Waals surface area contributed by atoms with Crippen LogP contribution in [0.2, 0.25) is 0 Å². The molecule has 0 aliphatic heterocycles. The summed E-state index contributed by atoms with van der Waals surface area (Å²) in [6.45, 7) is 0.269. The van der Waals surface area contributed by atoms with E-state index in [9.17, 15) is 27.2 Å². The van der Waals surface area contributed by atoms with Gasteiger partial charge in [0.25, 0.3) is 5.56 Å². The van der Waals surface area contributed by atoms with Crippen LogP contribution < -0.4 is 15.5 Å². The molecule has 1 aromatic heterocycles. The zero-order valence-electron chi connectivity index (χ0n) is 19.9. The quantitative estimate of drug-likeness (QED) is 0.261. The van der Waals surface area contributed by atoms with Crippen molar-refractivity contribution in [2.24, 2.45) is 0 Å². The van der Waals surface area contributed by atoms with Gasteiger partial charge in [0.05, 0.1) is 17.7 Å². The molecule has 38 heavy (non-hydrogen) atoms. The minimum Gasteiger partial charge on any atom is -0.382 e. The zero-order valence-corrected chi connectivity index (χ0v) is 20.6. The van der Waals surface area contributed by atoms with Gasteiger partial charge in [-0.3, -0.25) is 13.9 Å². The van der Waals surface area contributed by atoms with E-state index in [1.807, 2.05) is 0 Å². The van der Waals surface area contributed by atoms with Crippen LogP contribution in [-0.4, -0.2) is 9.13 Å². The van der Waals surface area contributed by atoms with Gasteiger partial charge >= 0.3 is 11.9 Å². The summed E-state index contributed by atoms with van der Waals surface area (Å²) in [4.78, 5) is 27.0. The Bertz CT molecular complexity index is 1600. The number of halogens is 6. The fraction of sp³-hybridized carbons (Fsp3) is 0.185. The van der Waals surface area contributed by atoms with Crippen LogP contribution in [0.25, 0.3) is 11.1 Å². The number of alkyl halides is 3. The fourth-order valence-electron chi connectivity index (χ4n) is 4.29. The second-order valence-electron chi connectivity index (χ2n) is 8.48. The maximum Gasteiger partial charge on any atom is 0.416 e. The van der Waals surface area contributed by atoms with E-state index < -0.39 is 52.5 Å². The van der Waals surface area contributed by atoms with E-state index in [0.717, 1.165) is 26.8 Å². The molecule has 0 fully saturated rings. The van der Waals surface area contributed by atoms with Gasteiger partial charge in [0.1, 0.15) is 17.7 Å². The predicted molar refractivity (Wildman–Crippen MR) is 132 cm³/mol. The van der Waals surface area contributed by atoms with Crippen molar-refractivity contribution in [3.8, 4) is 16.9 Å². The summed E-state index contributed by atoms with van der Waals surface area (Å²) in [6, 6.07) is 15.1. The van der Waals surface area contributed by atoms with E-state index in [1.54, 1.807) is 30.3 Å². The van der Waals surface area contributed by atoms with E-state index in [0.29, 0.717) is 6.07 Å². The minimum absolute atomic E-state index is 0.155. The van der Waals surface area contributed by atoms with Crippen LogP contribution in [0.4, 0.5) is 22.0 Å². The van der Waals surface area contributed by atoms with Crippen molar-refractivity contribution < 1.29 is 26.2 Å². The average molecular weight is 551 g/mol. The molecule has 0 unspecified atom stereocenters. The third-order valence-electron chi connectivity index (χ3n) is 6.21. The molecular weight excluding hydrogens is 531 g/mol. The third kappa shape index (κ3) is 5.22. The molecule has 0 aliphatic rings. The number of benzene rings is 3. The maximum atomic E-state index is 15.2.